The Morgan fingerprint density at radius 1 is 1.15 bits per heavy atom. The smallest absolute Gasteiger partial charge is 0.280 e. The van der Waals surface area contributed by atoms with Gasteiger partial charge >= 0.3 is 0 Å². The van der Waals surface area contributed by atoms with Crippen LogP contribution in [-0.2, 0) is 0 Å². The van der Waals surface area contributed by atoms with Crippen molar-refractivity contribution in [3.63, 3.8) is 0 Å². The minimum absolute atomic E-state index is 0.279. The lowest BCUT2D eigenvalue weighted by atomic mass is 9.94. The molecule has 0 aliphatic rings. The molecule has 4 N–H and O–H groups in total. The summed E-state index contributed by atoms with van der Waals surface area (Å²) in [5, 5.41) is 0.985. The number of amides is 1. The Hall–Kier alpha value is -2.99. The lowest BCUT2D eigenvalue weighted by Gasteiger charge is -2.15. The zero-order valence-electron chi connectivity index (χ0n) is 14.2. The third kappa shape index (κ3) is 3.23. The predicted molar refractivity (Wildman–Crippen MR) is 102 cm³/mol. The van der Waals surface area contributed by atoms with Crippen LogP contribution in [0.2, 0.25) is 5.02 Å². The van der Waals surface area contributed by atoms with E-state index in [1.54, 1.807) is 24.3 Å². The van der Waals surface area contributed by atoms with E-state index >= 15 is 0 Å². The Kier molecular flexibility index (Phi) is 4.61. The highest BCUT2D eigenvalue weighted by Gasteiger charge is 2.16. The summed E-state index contributed by atoms with van der Waals surface area (Å²) in [6, 6.07) is 9.21. The van der Waals surface area contributed by atoms with E-state index in [9.17, 15) is 9.18 Å². The number of aliphatic imine (C=N–C) groups is 1. The van der Waals surface area contributed by atoms with Crippen LogP contribution in [0.4, 0.5) is 4.39 Å². The van der Waals surface area contributed by atoms with E-state index in [1.165, 1.54) is 12.1 Å². The molecule has 0 saturated heterocycles. The molecule has 0 atom stereocenters. The molecule has 0 aliphatic carbocycles. The second kappa shape index (κ2) is 6.72. The van der Waals surface area contributed by atoms with E-state index in [0.717, 1.165) is 16.8 Å². The van der Waals surface area contributed by atoms with Crippen LogP contribution in [0.5, 0.6) is 0 Å². The average Bonchev–Trinajstić information content (AvgIpc) is 2.56. The summed E-state index contributed by atoms with van der Waals surface area (Å²) < 4.78 is 13.5. The van der Waals surface area contributed by atoms with Crippen LogP contribution in [-0.4, -0.2) is 16.9 Å². The summed E-state index contributed by atoms with van der Waals surface area (Å²) in [7, 11) is 0. The Morgan fingerprint density at radius 3 is 2.54 bits per heavy atom. The van der Waals surface area contributed by atoms with E-state index in [2.05, 4.69) is 9.98 Å². The first kappa shape index (κ1) is 17.8. The van der Waals surface area contributed by atoms with Crippen molar-refractivity contribution >= 4 is 34.4 Å². The number of nitrogens with zero attached hydrogens (tertiary/aromatic N) is 2. The van der Waals surface area contributed by atoms with Gasteiger partial charge in [-0.05, 0) is 61.4 Å². The van der Waals surface area contributed by atoms with E-state index in [-0.39, 0.29) is 11.0 Å². The molecule has 1 heterocycles. The van der Waals surface area contributed by atoms with Crippen LogP contribution in [0.3, 0.4) is 0 Å². The van der Waals surface area contributed by atoms with Gasteiger partial charge in [-0.25, -0.2) is 4.39 Å². The third-order valence-corrected chi connectivity index (χ3v) is 4.46. The summed E-state index contributed by atoms with van der Waals surface area (Å²) in [5.41, 5.74) is 14.7. The molecule has 0 radical (unpaired) electrons. The van der Waals surface area contributed by atoms with Gasteiger partial charge in [-0.2, -0.15) is 4.99 Å². The van der Waals surface area contributed by atoms with Crippen molar-refractivity contribution in [2.45, 2.75) is 13.8 Å². The fraction of sp³-hybridized carbons (Fsp3) is 0.105. The first-order valence-corrected chi connectivity index (χ1v) is 8.16. The summed E-state index contributed by atoms with van der Waals surface area (Å²) >= 11 is 6.28. The first-order chi connectivity index (χ1) is 12.3. The number of hydrogen-bond donors (Lipinski definition) is 2. The second-order valence-electron chi connectivity index (χ2n) is 5.90. The standard InChI is InChI=1S/C19H16ClFN4O/c1-9-10(2)24-16-6-3-11(18(26)25-19(22)23)7-14(16)17(9)13-5-4-12(21)8-15(13)20/h3-8H,1-2H3,(H4,22,23,25,26). The van der Waals surface area contributed by atoms with E-state index in [1.807, 2.05) is 13.8 Å². The molecule has 0 unspecified atom stereocenters. The van der Waals surface area contributed by atoms with Crippen molar-refractivity contribution in [3.05, 3.63) is 64.1 Å². The second-order valence-corrected chi connectivity index (χ2v) is 6.30. The van der Waals surface area contributed by atoms with Crippen molar-refractivity contribution in [3.8, 4) is 11.1 Å². The highest BCUT2D eigenvalue weighted by atomic mass is 35.5. The van der Waals surface area contributed by atoms with Gasteiger partial charge in [0.25, 0.3) is 5.91 Å². The molecular weight excluding hydrogens is 355 g/mol. The number of guanidine groups is 1. The van der Waals surface area contributed by atoms with Crippen LogP contribution in [0, 0.1) is 19.7 Å². The highest BCUT2D eigenvalue weighted by Crippen LogP contribution is 2.37. The number of pyridine rings is 1. The van der Waals surface area contributed by atoms with Gasteiger partial charge in [-0.15, -0.1) is 0 Å². The number of halogens is 2. The minimum atomic E-state index is -0.554. The molecule has 5 nitrogen and oxygen atoms in total. The maximum absolute atomic E-state index is 13.5. The number of hydrogen-bond acceptors (Lipinski definition) is 2. The third-order valence-electron chi connectivity index (χ3n) is 4.15. The lowest BCUT2D eigenvalue weighted by molar-refractivity contribution is 0.100. The molecule has 7 heteroatoms. The van der Waals surface area contributed by atoms with Crippen molar-refractivity contribution < 1.29 is 9.18 Å². The van der Waals surface area contributed by atoms with Gasteiger partial charge < -0.3 is 11.5 Å². The molecule has 0 aliphatic heterocycles. The fourth-order valence-corrected chi connectivity index (χ4v) is 3.10. The molecule has 0 bridgehead atoms. The number of carbonyl (C=O) groups excluding carboxylic acids is 1. The van der Waals surface area contributed by atoms with Gasteiger partial charge in [0.2, 0.25) is 0 Å². The SMILES string of the molecule is Cc1nc2ccc(C(=O)N=C(N)N)cc2c(-c2ccc(F)cc2Cl)c1C. The summed E-state index contributed by atoms with van der Waals surface area (Å²) in [6.07, 6.45) is 0. The molecule has 1 aromatic heterocycles. The lowest BCUT2D eigenvalue weighted by Crippen LogP contribution is -2.24. The molecule has 2 aromatic carbocycles. The van der Waals surface area contributed by atoms with Gasteiger partial charge in [-0.3, -0.25) is 9.78 Å². The number of rotatable bonds is 2. The fourth-order valence-electron chi connectivity index (χ4n) is 2.84. The van der Waals surface area contributed by atoms with Crippen LogP contribution in [0.1, 0.15) is 21.6 Å². The molecule has 0 saturated carbocycles. The van der Waals surface area contributed by atoms with Crippen LogP contribution >= 0.6 is 11.6 Å². The van der Waals surface area contributed by atoms with Gasteiger partial charge in [0.1, 0.15) is 5.82 Å². The molecule has 132 valence electrons. The molecule has 3 aromatic rings. The highest BCUT2D eigenvalue weighted by molar-refractivity contribution is 6.33. The zero-order valence-corrected chi connectivity index (χ0v) is 14.9. The quantitative estimate of drug-likeness (QED) is 0.531. The van der Waals surface area contributed by atoms with Gasteiger partial charge in [0.15, 0.2) is 5.96 Å². The first-order valence-electron chi connectivity index (χ1n) is 7.78. The van der Waals surface area contributed by atoms with Gasteiger partial charge in [0.05, 0.1) is 10.5 Å². The number of aryl methyl sites for hydroxylation is 1. The number of benzene rings is 2. The van der Waals surface area contributed by atoms with Crippen molar-refractivity contribution in [2.24, 2.45) is 16.5 Å². The number of fused-ring (bicyclic) bond motifs is 1. The largest absolute Gasteiger partial charge is 0.370 e. The number of aromatic nitrogens is 1. The molecule has 3 rings (SSSR count). The van der Waals surface area contributed by atoms with Crippen molar-refractivity contribution in [1.82, 2.24) is 4.98 Å². The van der Waals surface area contributed by atoms with Crippen LogP contribution in [0.25, 0.3) is 22.0 Å². The van der Waals surface area contributed by atoms with E-state index in [4.69, 9.17) is 23.1 Å². The summed E-state index contributed by atoms with van der Waals surface area (Å²) in [5.74, 6) is -1.29. The van der Waals surface area contributed by atoms with Crippen molar-refractivity contribution in [1.29, 1.82) is 0 Å². The Balaban J connectivity index is 2.34. The number of carbonyl (C=O) groups is 1. The van der Waals surface area contributed by atoms with Gasteiger partial charge in [0, 0.05) is 22.2 Å². The summed E-state index contributed by atoms with van der Waals surface area (Å²) in [4.78, 5) is 20.3. The average molecular weight is 371 g/mol. The Bertz CT molecular complexity index is 1070. The Labute approximate surface area is 154 Å². The Morgan fingerprint density at radius 2 is 1.88 bits per heavy atom. The molecular formula is C19H16ClFN4O. The maximum atomic E-state index is 13.5. The topological polar surface area (TPSA) is 94.4 Å². The van der Waals surface area contributed by atoms with Gasteiger partial charge in [-0.1, -0.05) is 11.6 Å². The minimum Gasteiger partial charge on any atom is -0.370 e. The molecule has 26 heavy (non-hydrogen) atoms. The maximum Gasteiger partial charge on any atom is 0.280 e. The van der Waals surface area contributed by atoms with E-state index < -0.39 is 11.7 Å². The van der Waals surface area contributed by atoms with Crippen molar-refractivity contribution in [2.75, 3.05) is 0 Å². The zero-order chi connectivity index (χ0) is 19.0. The van der Waals surface area contributed by atoms with Crippen LogP contribution < -0.4 is 11.5 Å². The molecule has 0 spiro atoms. The number of nitrogens with two attached hydrogens (primary N) is 2. The van der Waals surface area contributed by atoms with E-state index in [0.29, 0.717) is 22.0 Å². The normalized spacial score (nSPS) is 10.8. The predicted octanol–water partition coefficient (Wildman–Crippen LogP) is 3.72. The molecule has 1 amide bonds. The molecule has 0 fully saturated rings. The summed E-state index contributed by atoms with van der Waals surface area (Å²) in [6.45, 7) is 3.79. The van der Waals surface area contributed by atoms with Crippen LogP contribution in [0.15, 0.2) is 41.4 Å². The monoisotopic (exact) mass is 370 g/mol.